The third-order valence-electron chi connectivity index (χ3n) is 1.54. The number of hydrogen-bond acceptors (Lipinski definition) is 3. The van der Waals surface area contributed by atoms with Crippen LogP contribution < -0.4 is 4.74 Å². The van der Waals surface area contributed by atoms with E-state index in [4.69, 9.17) is 4.74 Å². The van der Waals surface area contributed by atoms with Crippen LogP contribution in [0.2, 0.25) is 0 Å². The maximum Gasteiger partial charge on any atom is 0.120 e. The fourth-order valence-corrected chi connectivity index (χ4v) is 1.41. The van der Waals surface area contributed by atoms with Crippen LogP contribution in [0.25, 0.3) is 0 Å². The molecular weight excluding hydrogens is 262 g/mol. The second-order valence-electron chi connectivity index (χ2n) is 2.63. The van der Waals surface area contributed by atoms with Crippen LogP contribution >= 0.6 is 28.1 Å². The maximum absolute atomic E-state index is 5.48. The Morgan fingerprint density at radius 3 is 3.07 bits per heavy atom. The molecule has 0 amide bonds. The third-order valence-corrected chi connectivity index (χ3v) is 2.17. The summed E-state index contributed by atoms with van der Waals surface area (Å²) in [6.45, 7) is 1.33. The van der Waals surface area contributed by atoms with Gasteiger partial charge in [-0.15, -0.1) is 0 Å². The Morgan fingerprint density at radius 1 is 1.50 bits per heavy atom. The van der Waals surface area contributed by atoms with Gasteiger partial charge in [0, 0.05) is 10.9 Å². The van der Waals surface area contributed by atoms with Crippen LogP contribution in [0.1, 0.15) is 6.42 Å². The van der Waals surface area contributed by atoms with Crippen LogP contribution in [0, 0.1) is 0 Å². The Balaban J connectivity index is 2.27. The van der Waals surface area contributed by atoms with E-state index in [0.29, 0.717) is 13.2 Å². The van der Waals surface area contributed by atoms with E-state index in [1.54, 1.807) is 0 Å². The molecule has 0 heterocycles. The number of ether oxygens (including phenoxy) is 1. The van der Waals surface area contributed by atoms with E-state index < -0.39 is 0 Å². The van der Waals surface area contributed by atoms with Gasteiger partial charge in [-0.3, -0.25) is 0 Å². The van der Waals surface area contributed by atoms with Gasteiger partial charge in [0.2, 0.25) is 0 Å². The highest BCUT2D eigenvalue weighted by Crippen LogP contribution is 2.17. The van der Waals surface area contributed by atoms with E-state index >= 15 is 0 Å². The normalized spacial score (nSPS) is 9.21. The number of aliphatic imine (C=N–C) groups is 1. The predicted octanol–water partition coefficient (Wildman–Crippen LogP) is 3.32. The molecule has 0 atom stereocenters. The lowest BCUT2D eigenvalue weighted by molar-refractivity contribution is 0.313. The summed E-state index contributed by atoms with van der Waals surface area (Å²) in [7, 11) is 0. The van der Waals surface area contributed by atoms with Crippen LogP contribution in [-0.4, -0.2) is 18.3 Å². The Labute approximate surface area is 97.1 Å². The topological polar surface area (TPSA) is 21.6 Å². The van der Waals surface area contributed by atoms with E-state index in [9.17, 15) is 0 Å². The van der Waals surface area contributed by atoms with Crippen molar-refractivity contribution >= 4 is 33.3 Å². The molecule has 0 fully saturated rings. The van der Waals surface area contributed by atoms with Crippen molar-refractivity contribution in [3.05, 3.63) is 28.7 Å². The highest BCUT2D eigenvalue weighted by atomic mass is 79.9. The molecule has 0 bridgehead atoms. The van der Waals surface area contributed by atoms with Gasteiger partial charge in [0.05, 0.1) is 18.3 Å². The highest BCUT2D eigenvalue weighted by Gasteiger charge is 1.93. The van der Waals surface area contributed by atoms with Crippen molar-refractivity contribution in [2.24, 2.45) is 4.99 Å². The zero-order valence-corrected chi connectivity index (χ0v) is 9.97. The van der Waals surface area contributed by atoms with E-state index in [1.165, 1.54) is 0 Å². The van der Waals surface area contributed by atoms with Gasteiger partial charge in [0.25, 0.3) is 0 Å². The van der Waals surface area contributed by atoms with Gasteiger partial charge in [-0.05, 0) is 30.4 Å². The van der Waals surface area contributed by atoms with E-state index in [1.807, 2.05) is 24.3 Å². The summed E-state index contributed by atoms with van der Waals surface area (Å²) in [6.07, 6.45) is 0.857. The number of isothiocyanates is 1. The van der Waals surface area contributed by atoms with Gasteiger partial charge in [-0.1, -0.05) is 22.0 Å². The highest BCUT2D eigenvalue weighted by molar-refractivity contribution is 9.10. The lowest BCUT2D eigenvalue weighted by Crippen LogP contribution is -1.98. The molecule has 1 rings (SSSR count). The minimum absolute atomic E-state index is 0.650. The van der Waals surface area contributed by atoms with Gasteiger partial charge in [0.1, 0.15) is 5.75 Å². The summed E-state index contributed by atoms with van der Waals surface area (Å²) in [5.74, 6) is 0.866. The molecule has 0 saturated heterocycles. The summed E-state index contributed by atoms with van der Waals surface area (Å²) >= 11 is 7.82. The Morgan fingerprint density at radius 2 is 2.36 bits per heavy atom. The van der Waals surface area contributed by atoms with Crippen molar-refractivity contribution in [3.63, 3.8) is 0 Å². The standard InChI is InChI=1S/C10H10BrNOS/c11-9-3-1-4-10(7-9)13-6-2-5-12-8-14/h1,3-4,7H,2,5-6H2. The number of nitrogens with zero attached hydrogens (tertiary/aromatic N) is 1. The minimum Gasteiger partial charge on any atom is -0.493 e. The quantitative estimate of drug-likeness (QED) is 0.466. The van der Waals surface area contributed by atoms with Crippen LogP contribution in [0.4, 0.5) is 0 Å². The van der Waals surface area contributed by atoms with Crippen molar-refractivity contribution in [3.8, 4) is 5.75 Å². The summed E-state index contributed by atoms with van der Waals surface area (Å²) in [6, 6.07) is 7.76. The molecule has 0 aromatic heterocycles. The fraction of sp³-hybridized carbons (Fsp3) is 0.300. The zero-order valence-electron chi connectivity index (χ0n) is 7.57. The molecule has 0 aliphatic rings. The molecule has 1 aromatic rings. The Bertz CT molecular complexity index is 337. The van der Waals surface area contributed by atoms with Crippen molar-refractivity contribution < 1.29 is 4.74 Å². The first-order valence-electron chi connectivity index (χ1n) is 4.25. The van der Waals surface area contributed by atoms with Crippen molar-refractivity contribution in [1.82, 2.24) is 0 Å². The smallest absolute Gasteiger partial charge is 0.120 e. The predicted molar refractivity (Wildman–Crippen MR) is 64.1 cm³/mol. The summed E-state index contributed by atoms with van der Waals surface area (Å²) in [5.41, 5.74) is 0. The molecule has 0 aliphatic heterocycles. The molecule has 0 aliphatic carbocycles. The van der Waals surface area contributed by atoms with Crippen LogP contribution in [0.3, 0.4) is 0 Å². The number of benzene rings is 1. The average Bonchev–Trinajstić information content (AvgIpc) is 2.18. The van der Waals surface area contributed by atoms with Crippen LogP contribution in [0.15, 0.2) is 33.7 Å². The van der Waals surface area contributed by atoms with Crippen molar-refractivity contribution in [2.75, 3.05) is 13.2 Å². The first-order chi connectivity index (χ1) is 6.83. The largest absolute Gasteiger partial charge is 0.493 e. The van der Waals surface area contributed by atoms with Crippen molar-refractivity contribution in [2.45, 2.75) is 6.42 Å². The van der Waals surface area contributed by atoms with Gasteiger partial charge in [0.15, 0.2) is 0 Å². The molecule has 4 heteroatoms. The summed E-state index contributed by atoms with van der Waals surface area (Å²) < 4.78 is 6.50. The van der Waals surface area contributed by atoms with E-state index in [2.05, 4.69) is 38.3 Å². The average molecular weight is 272 g/mol. The third kappa shape index (κ3) is 4.51. The van der Waals surface area contributed by atoms with E-state index in [0.717, 1.165) is 16.6 Å². The first-order valence-corrected chi connectivity index (χ1v) is 5.45. The molecule has 74 valence electrons. The fourth-order valence-electron chi connectivity index (χ4n) is 0.936. The molecule has 0 spiro atoms. The van der Waals surface area contributed by atoms with Crippen LogP contribution in [-0.2, 0) is 0 Å². The number of rotatable bonds is 5. The van der Waals surface area contributed by atoms with Gasteiger partial charge < -0.3 is 4.74 Å². The summed E-state index contributed by atoms with van der Waals surface area (Å²) in [4.78, 5) is 3.80. The number of halogens is 1. The van der Waals surface area contributed by atoms with E-state index in [-0.39, 0.29) is 0 Å². The maximum atomic E-state index is 5.48. The zero-order chi connectivity index (χ0) is 10.2. The molecule has 1 aromatic carbocycles. The lowest BCUT2D eigenvalue weighted by Gasteiger charge is -2.04. The molecule has 0 unspecified atom stereocenters. The summed E-state index contributed by atoms with van der Waals surface area (Å²) in [5, 5.41) is 2.32. The monoisotopic (exact) mass is 271 g/mol. The lowest BCUT2D eigenvalue weighted by atomic mass is 10.3. The van der Waals surface area contributed by atoms with Gasteiger partial charge in [-0.25, -0.2) is 4.99 Å². The first kappa shape index (κ1) is 11.4. The van der Waals surface area contributed by atoms with Gasteiger partial charge in [-0.2, -0.15) is 0 Å². The molecule has 0 N–H and O–H groups in total. The number of thiocarbonyl (C=S) groups is 1. The SMILES string of the molecule is S=C=NCCCOc1cccc(Br)c1. The molecule has 14 heavy (non-hydrogen) atoms. The Kier molecular flexibility index (Phi) is 5.45. The molecule has 2 nitrogen and oxygen atoms in total. The molecular formula is C10H10BrNOS. The second-order valence-corrected chi connectivity index (χ2v) is 3.73. The molecule has 0 saturated carbocycles. The molecule has 0 radical (unpaired) electrons. The second kappa shape index (κ2) is 6.71. The van der Waals surface area contributed by atoms with Gasteiger partial charge >= 0.3 is 0 Å². The minimum atomic E-state index is 0.650. The Hall–Kier alpha value is -0.700. The van der Waals surface area contributed by atoms with Crippen LogP contribution in [0.5, 0.6) is 5.75 Å². The number of hydrogen-bond donors (Lipinski definition) is 0. The van der Waals surface area contributed by atoms with Crippen molar-refractivity contribution in [1.29, 1.82) is 0 Å².